The first-order valence-electron chi connectivity index (χ1n) is 9.83. The molecule has 0 aromatic carbocycles. The fraction of sp³-hybridized carbons (Fsp3) is 0.895. The molecule has 6 nitrogen and oxygen atoms in total. The average molecular weight is 407 g/mol. The molecule has 0 radical (unpaired) electrons. The van der Waals surface area contributed by atoms with Crippen LogP contribution >= 0.6 is 0 Å². The molecule has 0 aromatic heterocycles. The average Bonchev–Trinajstić information content (AvgIpc) is 2.61. The molecular weight excluding hydrogens is 366 g/mol. The van der Waals surface area contributed by atoms with Gasteiger partial charge in [-0.3, -0.25) is 9.59 Å². The van der Waals surface area contributed by atoms with Gasteiger partial charge in [-0.05, 0) is 65.0 Å². The third-order valence-corrected chi connectivity index (χ3v) is 4.34. The number of esters is 2. The van der Waals surface area contributed by atoms with Crippen LogP contribution in [-0.4, -0.2) is 133 Å². The second-order valence-electron chi connectivity index (χ2n) is 6.09. The Labute approximate surface area is 210 Å². The number of unbranched alkanes of at least 4 members (excludes halogenated alkanes) is 2. The molecule has 0 heterocycles. The summed E-state index contributed by atoms with van der Waals surface area (Å²) in [6, 6.07) is 0. The van der Waals surface area contributed by atoms with Crippen molar-refractivity contribution < 1.29 is 19.1 Å². The van der Waals surface area contributed by atoms with Gasteiger partial charge >= 0.3 is 71.1 Å². The quantitative estimate of drug-likeness (QED) is 0.167. The second-order valence-corrected chi connectivity index (χ2v) is 6.09. The molecule has 0 atom stereocenters. The molecule has 0 saturated heterocycles. The van der Waals surface area contributed by atoms with Gasteiger partial charge in [-0.1, -0.05) is 27.7 Å². The predicted molar refractivity (Wildman–Crippen MR) is 115 cm³/mol. The van der Waals surface area contributed by atoms with E-state index in [9.17, 15) is 9.59 Å². The van der Waals surface area contributed by atoms with E-state index in [0.717, 1.165) is 65.0 Å². The summed E-state index contributed by atoms with van der Waals surface area (Å²) in [6.45, 7) is 15.5. The molecule has 0 unspecified atom stereocenters. The summed E-state index contributed by atoms with van der Waals surface area (Å²) in [6.07, 6.45) is 3.34. The zero-order chi connectivity index (χ0) is 18.9. The number of carbonyl (C=O) groups excluding carboxylic acids is 2. The van der Waals surface area contributed by atoms with Crippen molar-refractivity contribution in [1.82, 2.24) is 9.80 Å². The fourth-order valence-corrected chi connectivity index (χ4v) is 2.55. The Morgan fingerprint density at radius 2 is 0.963 bits per heavy atom. The molecule has 0 aromatic rings. The van der Waals surface area contributed by atoms with Crippen molar-refractivity contribution in [1.29, 1.82) is 0 Å². The summed E-state index contributed by atoms with van der Waals surface area (Å²) in [7, 11) is 0. The van der Waals surface area contributed by atoms with Gasteiger partial charge in [-0.2, -0.15) is 0 Å². The first-order chi connectivity index (χ1) is 12.1. The second kappa shape index (κ2) is 23.1. The maximum absolute atomic E-state index is 11.6. The molecular formula is C19H40N2Na2O4. The van der Waals surface area contributed by atoms with Crippen molar-refractivity contribution in [3.8, 4) is 0 Å². The van der Waals surface area contributed by atoms with Crippen LogP contribution in [0.5, 0.6) is 0 Å². The van der Waals surface area contributed by atoms with Crippen LogP contribution in [0.15, 0.2) is 0 Å². The van der Waals surface area contributed by atoms with Gasteiger partial charge in [0.25, 0.3) is 0 Å². The standard InChI is InChI=1S/C19H38N2O4.2Na.2H/c1-5-20(6-2)13-9-11-15-24-18(22)17-19(23)25-16-12-10-14-21(7-3)8-4;;;;/h5-17H2,1-4H3;;;;. The van der Waals surface area contributed by atoms with Crippen LogP contribution in [0, 0.1) is 0 Å². The maximum atomic E-state index is 11.6. The Morgan fingerprint density at radius 3 is 1.26 bits per heavy atom. The minimum atomic E-state index is -0.490. The van der Waals surface area contributed by atoms with Gasteiger partial charge in [0, 0.05) is 0 Å². The molecule has 0 aliphatic heterocycles. The van der Waals surface area contributed by atoms with Crippen LogP contribution in [0.1, 0.15) is 59.8 Å². The van der Waals surface area contributed by atoms with Crippen LogP contribution < -0.4 is 0 Å². The van der Waals surface area contributed by atoms with Crippen molar-refractivity contribution in [3.05, 3.63) is 0 Å². The summed E-state index contributed by atoms with van der Waals surface area (Å²) in [5.74, 6) is -0.980. The van der Waals surface area contributed by atoms with Gasteiger partial charge in [-0.15, -0.1) is 0 Å². The van der Waals surface area contributed by atoms with E-state index in [1.54, 1.807) is 0 Å². The molecule has 27 heavy (non-hydrogen) atoms. The molecule has 0 fully saturated rings. The van der Waals surface area contributed by atoms with E-state index >= 15 is 0 Å². The number of ether oxygens (including phenoxy) is 2. The number of rotatable bonds is 16. The molecule has 0 bridgehead atoms. The zero-order valence-corrected chi connectivity index (χ0v) is 16.7. The van der Waals surface area contributed by atoms with Crippen molar-refractivity contribution in [2.75, 3.05) is 52.5 Å². The van der Waals surface area contributed by atoms with E-state index in [1.165, 1.54) is 0 Å². The number of hydrogen-bond acceptors (Lipinski definition) is 6. The third kappa shape index (κ3) is 19.9. The summed E-state index contributed by atoms with van der Waals surface area (Å²) >= 11 is 0. The van der Waals surface area contributed by atoms with Crippen molar-refractivity contribution in [2.24, 2.45) is 0 Å². The Balaban J connectivity index is -0.00000288. The van der Waals surface area contributed by atoms with Crippen LogP contribution in [0.2, 0.25) is 0 Å². The third-order valence-electron chi connectivity index (χ3n) is 4.34. The molecule has 0 aliphatic rings. The molecule has 0 saturated carbocycles. The van der Waals surface area contributed by atoms with Crippen LogP contribution in [0.3, 0.4) is 0 Å². The van der Waals surface area contributed by atoms with Crippen molar-refractivity contribution in [2.45, 2.75) is 59.8 Å². The van der Waals surface area contributed by atoms with E-state index in [2.05, 4.69) is 37.5 Å². The predicted octanol–water partition coefficient (Wildman–Crippen LogP) is 1.41. The van der Waals surface area contributed by atoms with Crippen LogP contribution in [0.25, 0.3) is 0 Å². The summed E-state index contributed by atoms with van der Waals surface area (Å²) < 4.78 is 10.2. The monoisotopic (exact) mass is 406 g/mol. The van der Waals surface area contributed by atoms with Crippen molar-refractivity contribution in [3.63, 3.8) is 0 Å². The van der Waals surface area contributed by atoms with E-state index in [4.69, 9.17) is 9.47 Å². The van der Waals surface area contributed by atoms with E-state index < -0.39 is 11.9 Å². The Hall–Kier alpha value is 0.860. The van der Waals surface area contributed by atoms with Crippen LogP contribution in [-0.2, 0) is 19.1 Å². The summed E-state index contributed by atoms with van der Waals surface area (Å²) in [5, 5.41) is 0. The Bertz CT molecular complexity index is 321. The molecule has 8 heteroatoms. The number of carbonyl (C=O) groups is 2. The molecule has 0 N–H and O–H groups in total. The van der Waals surface area contributed by atoms with Gasteiger partial charge < -0.3 is 19.3 Å². The zero-order valence-electron chi connectivity index (χ0n) is 16.7. The molecule has 0 rings (SSSR count). The molecule has 0 amide bonds. The first-order valence-corrected chi connectivity index (χ1v) is 9.83. The Kier molecular flexibility index (Phi) is 27.9. The topological polar surface area (TPSA) is 59.1 Å². The Morgan fingerprint density at radius 1 is 0.630 bits per heavy atom. The van der Waals surface area contributed by atoms with Crippen molar-refractivity contribution >= 4 is 71.1 Å². The van der Waals surface area contributed by atoms with Gasteiger partial charge in [-0.25, -0.2) is 0 Å². The minimum absolute atomic E-state index is 0. The summed E-state index contributed by atoms with van der Waals surface area (Å²) in [4.78, 5) is 27.8. The van der Waals surface area contributed by atoms with Gasteiger partial charge in [0.2, 0.25) is 0 Å². The first kappa shape index (κ1) is 32.5. The normalized spacial score (nSPS) is 10.3. The van der Waals surface area contributed by atoms with E-state index in [1.807, 2.05) is 0 Å². The van der Waals surface area contributed by atoms with E-state index in [-0.39, 0.29) is 65.5 Å². The number of nitrogens with zero attached hydrogens (tertiary/aromatic N) is 2. The SMILES string of the molecule is CCN(CC)CCCCOC(=O)CC(=O)OCCCCN(CC)CC.[NaH].[NaH]. The molecule has 0 aliphatic carbocycles. The summed E-state index contributed by atoms with van der Waals surface area (Å²) in [5.41, 5.74) is 0. The van der Waals surface area contributed by atoms with Gasteiger partial charge in [0.15, 0.2) is 0 Å². The van der Waals surface area contributed by atoms with Crippen LogP contribution in [0.4, 0.5) is 0 Å². The number of hydrogen-bond donors (Lipinski definition) is 0. The molecule has 0 spiro atoms. The van der Waals surface area contributed by atoms with Gasteiger partial charge in [0.05, 0.1) is 13.2 Å². The van der Waals surface area contributed by atoms with E-state index in [0.29, 0.717) is 13.2 Å². The molecule has 152 valence electrons. The van der Waals surface area contributed by atoms with Gasteiger partial charge in [0.1, 0.15) is 6.42 Å². The fourth-order valence-electron chi connectivity index (χ4n) is 2.55.